The number of aliphatic imine (C=N–C) groups is 1. The van der Waals surface area contributed by atoms with Gasteiger partial charge in [0.15, 0.2) is 5.96 Å². The van der Waals surface area contributed by atoms with E-state index in [1.54, 1.807) is 6.20 Å². The Balaban J connectivity index is 0.00000242. The van der Waals surface area contributed by atoms with Crippen LogP contribution in [0, 0.1) is 5.92 Å². The summed E-state index contributed by atoms with van der Waals surface area (Å²) in [5.41, 5.74) is 6.92. The van der Waals surface area contributed by atoms with Gasteiger partial charge in [-0.2, -0.15) is 0 Å². The maximum atomic E-state index is 9.46. The van der Waals surface area contributed by atoms with Gasteiger partial charge in [-0.05, 0) is 31.4 Å². The molecule has 0 aromatic carbocycles. The summed E-state index contributed by atoms with van der Waals surface area (Å²) < 4.78 is 0. The number of nitrogens with two attached hydrogens (primary N) is 1. The fraction of sp³-hybridized carbons (Fsp3) is 0.625. The summed E-state index contributed by atoms with van der Waals surface area (Å²) in [6, 6.07) is 6.28. The van der Waals surface area contributed by atoms with Crippen molar-refractivity contribution in [2.75, 3.05) is 13.2 Å². The molecule has 5 nitrogen and oxygen atoms in total. The van der Waals surface area contributed by atoms with Gasteiger partial charge in [-0.1, -0.05) is 25.3 Å². The molecule has 1 aliphatic rings. The summed E-state index contributed by atoms with van der Waals surface area (Å²) in [6.07, 6.45) is 8.70. The number of hydrogen-bond acceptors (Lipinski definition) is 3. The van der Waals surface area contributed by atoms with E-state index in [0.717, 1.165) is 12.1 Å². The quantitative estimate of drug-likeness (QED) is 0.375. The average molecular weight is 418 g/mol. The van der Waals surface area contributed by atoms with Crippen molar-refractivity contribution in [1.29, 1.82) is 0 Å². The lowest BCUT2D eigenvalue weighted by Crippen LogP contribution is -2.41. The number of halogens is 1. The number of nitrogens with one attached hydrogen (secondary N) is 1. The van der Waals surface area contributed by atoms with Gasteiger partial charge in [-0.25, -0.2) is 0 Å². The number of nitrogens with zero attached hydrogens (tertiary/aromatic N) is 2. The van der Waals surface area contributed by atoms with E-state index in [4.69, 9.17) is 5.73 Å². The van der Waals surface area contributed by atoms with Crippen LogP contribution in [0.15, 0.2) is 29.4 Å². The molecular weight excluding hydrogens is 391 g/mol. The van der Waals surface area contributed by atoms with Crippen molar-refractivity contribution >= 4 is 29.9 Å². The van der Waals surface area contributed by atoms with Crippen molar-refractivity contribution in [3.63, 3.8) is 0 Å². The number of hydrogen-bond donors (Lipinski definition) is 3. The number of rotatable bonds is 6. The molecule has 0 saturated heterocycles. The normalized spacial score (nSPS) is 17.6. The predicted octanol–water partition coefficient (Wildman–Crippen LogP) is 2.09. The Labute approximate surface area is 149 Å². The molecule has 0 aliphatic heterocycles. The molecular formula is C16H27IN4O. The molecule has 0 radical (unpaired) electrons. The summed E-state index contributed by atoms with van der Waals surface area (Å²) >= 11 is 0. The third-order valence-electron chi connectivity index (χ3n) is 3.96. The van der Waals surface area contributed by atoms with Gasteiger partial charge in [-0.15, -0.1) is 24.0 Å². The highest BCUT2D eigenvalue weighted by atomic mass is 127. The first-order valence-corrected chi connectivity index (χ1v) is 7.85. The van der Waals surface area contributed by atoms with E-state index in [-0.39, 0.29) is 36.5 Å². The van der Waals surface area contributed by atoms with Gasteiger partial charge < -0.3 is 16.2 Å². The zero-order valence-electron chi connectivity index (χ0n) is 12.9. The summed E-state index contributed by atoms with van der Waals surface area (Å²) in [6.45, 7) is 0.620. The number of aliphatic hydroxyl groups is 1. The summed E-state index contributed by atoms with van der Waals surface area (Å²) in [5.74, 6) is 0.563. The van der Waals surface area contributed by atoms with Crippen LogP contribution in [0.5, 0.6) is 0 Å². The van der Waals surface area contributed by atoms with Crippen LogP contribution in [0.2, 0.25) is 0 Å². The Kier molecular flexibility index (Phi) is 9.38. The fourth-order valence-electron chi connectivity index (χ4n) is 2.73. The van der Waals surface area contributed by atoms with E-state index < -0.39 is 0 Å². The van der Waals surface area contributed by atoms with Gasteiger partial charge >= 0.3 is 0 Å². The van der Waals surface area contributed by atoms with Crippen molar-refractivity contribution in [2.24, 2.45) is 16.6 Å². The van der Waals surface area contributed by atoms with Crippen LogP contribution in [0.25, 0.3) is 0 Å². The minimum Gasteiger partial charge on any atom is -0.396 e. The van der Waals surface area contributed by atoms with E-state index in [0.29, 0.717) is 18.5 Å². The van der Waals surface area contributed by atoms with Gasteiger partial charge in [0.25, 0.3) is 0 Å². The van der Waals surface area contributed by atoms with E-state index in [1.807, 2.05) is 18.2 Å². The molecule has 1 unspecified atom stereocenters. The van der Waals surface area contributed by atoms with Gasteiger partial charge in [0.05, 0.1) is 0 Å². The molecule has 1 heterocycles. The third-order valence-corrected chi connectivity index (χ3v) is 3.96. The minimum atomic E-state index is 0. The lowest BCUT2D eigenvalue weighted by Gasteiger charge is -2.23. The highest BCUT2D eigenvalue weighted by molar-refractivity contribution is 14.0. The van der Waals surface area contributed by atoms with E-state index >= 15 is 0 Å². The summed E-state index contributed by atoms with van der Waals surface area (Å²) in [7, 11) is 0. The molecule has 22 heavy (non-hydrogen) atoms. The monoisotopic (exact) mass is 418 g/mol. The Morgan fingerprint density at radius 2 is 2.14 bits per heavy atom. The van der Waals surface area contributed by atoms with Crippen LogP contribution in [-0.4, -0.2) is 35.2 Å². The Morgan fingerprint density at radius 1 is 1.36 bits per heavy atom. The van der Waals surface area contributed by atoms with Gasteiger partial charge in [0.2, 0.25) is 0 Å². The Hall–Kier alpha value is -0.890. The highest BCUT2D eigenvalue weighted by Crippen LogP contribution is 2.17. The molecule has 4 N–H and O–H groups in total. The summed E-state index contributed by atoms with van der Waals surface area (Å²) in [5, 5.41) is 12.8. The van der Waals surface area contributed by atoms with Crippen LogP contribution in [-0.2, 0) is 6.42 Å². The predicted molar refractivity (Wildman–Crippen MR) is 100 cm³/mol. The molecule has 1 aromatic heterocycles. The zero-order valence-corrected chi connectivity index (χ0v) is 15.3. The van der Waals surface area contributed by atoms with Crippen LogP contribution >= 0.6 is 24.0 Å². The summed E-state index contributed by atoms with van der Waals surface area (Å²) in [4.78, 5) is 8.66. The minimum absolute atomic E-state index is 0. The molecule has 124 valence electrons. The van der Waals surface area contributed by atoms with Gasteiger partial charge in [-0.3, -0.25) is 9.98 Å². The number of guanidine groups is 1. The van der Waals surface area contributed by atoms with Crippen molar-refractivity contribution in [2.45, 2.75) is 44.6 Å². The second-order valence-electron chi connectivity index (χ2n) is 5.78. The molecule has 1 aliphatic carbocycles. The molecule has 6 heteroatoms. The Bertz CT molecular complexity index is 435. The van der Waals surface area contributed by atoms with Gasteiger partial charge in [0, 0.05) is 37.0 Å². The highest BCUT2D eigenvalue weighted by Gasteiger charge is 2.14. The number of pyridine rings is 1. The average Bonchev–Trinajstić information content (AvgIpc) is 2.53. The fourth-order valence-corrected chi connectivity index (χ4v) is 2.73. The first kappa shape index (κ1) is 19.2. The third kappa shape index (κ3) is 6.91. The maximum Gasteiger partial charge on any atom is 0.188 e. The second-order valence-corrected chi connectivity index (χ2v) is 5.78. The number of aromatic nitrogens is 1. The Morgan fingerprint density at radius 3 is 2.77 bits per heavy atom. The van der Waals surface area contributed by atoms with Crippen molar-refractivity contribution in [3.05, 3.63) is 30.1 Å². The molecule has 0 spiro atoms. The van der Waals surface area contributed by atoms with E-state index in [1.165, 1.54) is 32.1 Å². The second kappa shape index (κ2) is 10.8. The molecule has 0 amide bonds. The maximum absolute atomic E-state index is 9.46. The largest absolute Gasteiger partial charge is 0.396 e. The lowest BCUT2D eigenvalue weighted by molar-refractivity contribution is 0.229. The molecule has 1 atom stereocenters. The number of aliphatic hydroxyl groups excluding tert-OH is 1. The lowest BCUT2D eigenvalue weighted by atomic mass is 9.96. The molecule has 0 bridgehead atoms. The first-order chi connectivity index (χ1) is 10.3. The van der Waals surface area contributed by atoms with E-state index in [2.05, 4.69) is 15.3 Å². The first-order valence-electron chi connectivity index (χ1n) is 7.85. The van der Waals surface area contributed by atoms with E-state index in [9.17, 15) is 5.11 Å². The van der Waals surface area contributed by atoms with Crippen LogP contribution in [0.1, 0.15) is 37.8 Å². The van der Waals surface area contributed by atoms with Crippen molar-refractivity contribution in [1.82, 2.24) is 10.3 Å². The van der Waals surface area contributed by atoms with Crippen LogP contribution in [0.4, 0.5) is 0 Å². The molecule has 1 aromatic rings. The van der Waals surface area contributed by atoms with Gasteiger partial charge in [0.1, 0.15) is 0 Å². The van der Waals surface area contributed by atoms with Crippen LogP contribution in [0.3, 0.4) is 0 Å². The molecule has 1 fully saturated rings. The molecule has 2 rings (SSSR count). The zero-order chi connectivity index (χ0) is 14.9. The van der Waals surface area contributed by atoms with Crippen molar-refractivity contribution < 1.29 is 5.11 Å². The standard InChI is InChI=1S/C16H26N4O.HI/c17-16(20-14-6-2-1-3-7-14)19-11-13(12-21)10-15-8-4-5-9-18-15;/h4-5,8-9,13-14,21H,1-3,6-7,10-12H2,(H3,17,19,20);1H. The topological polar surface area (TPSA) is 83.5 Å². The SMILES string of the molecule is I.NC(=NCC(CO)Cc1ccccn1)NC1CCCCC1. The molecule has 1 saturated carbocycles. The van der Waals surface area contributed by atoms with Crippen molar-refractivity contribution in [3.8, 4) is 0 Å². The van der Waals surface area contributed by atoms with Crippen LogP contribution < -0.4 is 11.1 Å². The smallest absolute Gasteiger partial charge is 0.188 e.